The third kappa shape index (κ3) is 1.99. The highest BCUT2D eigenvalue weighted by Gasteiger charge is 2.46. The molecule has 1 aliphatic carbocycles. The van der Waals surface area contributed by atoms with E-state index in [-0.39, 0.29) is 5.41 Å². The largest absolute Gasteiger partial charge is 0.329 e. The van der Waals surface area contributed by atoms with E-state index in [1.807, 2.05) is 11.3 Å². The summed E-state index contributed by atoms with van der Waals surface area (Å²) in [5, 5.41) is 3.33. The predicted octanol–water partition coefficient (Wildman–Crippen LogP) is 3.93. The topological polar surface area (TPSA) is 38.9 Å². The molecule has 2 heterocycles. The molecule has 1 aliphatic rings. The number of rotatable bonds is 3. The number of halogens is 1. The first-order chi connectivity index (χ1) is 8.14. The lowest BCUT2D eigenvalue weighted by atomic mass is 10.1. The summed E-state index contributed by atoms with van der Waals surface area (Å²) in [6, 6.07) is 2.14. The van der Waals surface area contributed by atoms with Crippen molar-refractivity contribution in [2.45, 2.75) is 25.2 Å². The van der Waals surface area contributed by atoms with Crippen molar-refractivity contribution < 1.29 is 0 Å². The Morgan fingerprint density at radius 2 is 2.29 bits per heavy atom. The molecule has 0 atom stereocenters. The summed E-state index contributed by atoms with van der Waals surface area (Å²) in [5.41, 5.74) is 7.21. The van der Waals surface area contributed by atoms with Gasteiger partial charge >= 0.3 is 0 Å². The summed E-state index contributed by atoms with van der Waals surface area (Å²) in [4.78, 5) is 7.37. The van der Waals surface area contributed by atoms with Crippen LogP contribution in [0.15, 0.2) is 15.9 Å². The highest BCUT2D eigenvalue weighted by molar-refractivity contribution is 9.10. The van der Waals surface area contributed by atoms with Gasteiger partial charge in [-0.2, -0.15) is 0 Å². The fourth-order valence-corrected chi connectivity index (χ4v) is 4.67. The van der Waals surface area contributed by atoms with Crippen LogP contribution in [-0.4, -0.2) is 11.5 Å². The second kappa shape index (κ2) is 4.16. The molecule has 0 bridgehead atoms. The molecule has 0 unspecified atom stereocenters. The summed E-state index contributed by atoms with van der Waals surface area (Å²) in [6.45, 7) is 2.88. The van der Waals surface area contributed by atoms with Crippen molar-refractivity contribution in [3.8, 4) is 10.6 Å². The molecular weight excluding hydrogens is 316 g/mol. The van der Waals surface area contributed by atoms with Gasteiger partial charge in [0.15, 0.2) is 0 Å². The molecule has 17 heavy (non-hydrogen) atoms. The standard InChI is InChI=1S/C12H13BrN2S2/c1-7-10(9-4-8(13)5-16-9)15-11(17-7)12(6-14)2-3-12/h4-5H,2-3,6,14H2,1H3. The maximum Gasteiger partial charge on any atom is 0.101 e. The van der Waals surface area contributed by atoms with E-state index in [4.69, 9.17) is 10.7 Å². The lowest BCUT2D eigenvalue weighted by molar-refractivity contribution is 0.698. The maximum atomic E-state index is 5.86. The zero-order chi connectivity index (χ0) is 12.0. The minimum Gasteiger partial charge on any atom is -0.329 e. The van der Waals surface area contributed by atoms with Crippen LogP contribution >= 0.6 is 38.6 Å². The number of hydrogen-bond donors (Lipinski definition) is 1. The zero-order valence-electron chi connectivity index (χ0n) is 9.50. The van der Waals surface area contributed by atoms with Crippen LogP contribution < -0.4 is 5.73 Å². The smallest absolute Gasteiger partial charge is 0.101 e. The molecule has 2 N–H and O–H groups in total. The van der Waals surface area contributed by atoms with E-state index in [0.29, 0.717) is 0 Å². The molecule has 0 spiro atoms. The molecule has 0 radical (unpaired) electrons. The van der Waals surface area contributed by atoms with Crippen molar-refractivity contribution in [1.82, 2.24) is 4.98 Å². The lowest BCUT2D eigenvalue weighted by Crippen LogP contribution is -2.19. The summed E-state index contributed by atoms with van der Waals surface area (Å²) >= 11 is 7.04. The number of thiazole rings is 1. The van der Waals surface area contributed by atoms with Gasteiger partial charge in [-0.25, -0.2) is 4.98 Å². The van der Waals surface area contributed by atoms with Gasteiger partial charge in [-0.15, -0.1) is 22.7 Å². The molecule has 2 aromatic heterocycles. The van der Waals surface area contributed by atoms with Gasteiger partial charge in [0.1, 0.15) is 5.01 Å². The SMILES string of the molecule is Cc1sc(C2(CN)CC2)nc1-c1cc(Br)cs1. The second-order valence-electron chi connectivity index (χ2n) is 4.54. The molecule has 0 amide bonds. The Hall–Kier alpha value is -0.230. The highest BCUT2D eigenvalue weighted by atomic mass is 79.9. The summed E-state index contributed by atoms with van der Waals surface area (Å²) in [7, 11) is 0. The Balaban J connectivity index is 2.02. The summed E-state index contributed by atoms with van der Waals surface area (Å²) < 4.78 is 1.13. The number of nitrogens with zero attached hydrogens (tertiary/aromatic N) is 1. The third-order valence-electron chi connectivity index (χ3n) is 3.30. The van der Waals surface area contributed by atoms with Gasteiger partial charge < -0.3 is 5.73 Å². The monoisotopic (exact) mass is 328 g/mol. The molecular formula is C12H13BrN2S2. The Bertz CT molecular complexity index is 555. The van der Waals surface area contributed by atoms with Crippen LogP contribution in [0.3, 0.4) is 0 Å². The van der Waals surface area contributed by atoms with Gasteiger partial charge in [0, 0.05) is 26.7 Å². The first kappa shape index (κ1) is 11.8. The number of nitrogens with two attached hydrogens (primary N) is 1. The van der Waals surface area contributed by atoms with Crippen molar-refractivity contribution in [2.24, 2.45) is 5.73 Å². The quantitative estimate of drug-likeness (QED) is 0.926. The van der Waals surface area contributed by atoms with Gasteiger partial charge in [0.25, 0.3) is 0 Å². The molecule has 3 rings (SSSR count). The van der Waals surface area contributed by atoms with E-state index in [0.717, 1.165) is 16.7 Å². The molecule has 1 fully saturated rings. The van der Waals surface area contributed by atoms with E-state index in [9.17, 15) is 0 Å². The molecule has 90 valence electrons. The highest BCUT2D eigenvalue weighted by Crippen LogP contribution is 2.50. The fourth-order valence-electron chi connectivity index (χ4n) is 1.95. The van der Waals surface area contributed by atoms with Crippen LogP contribution in [0.25, 0.3) is 10.6 Å². The molecule has 0 aliphatic heterocycles. The second-order valence-corrected chi connectivity index (χ2v) is 7.57. The van der Waals surface area contributed by atoms with Crippen molar-refractivity contribution >= 4 is 38.6 Å². The van der Waals surface area contributed by atoms with Crippen LogP contribution in [0.1, 0.15) is 22.7 Å². The normalized spacial score (nSPS) is 17.4. The van der Waals surface area contributed by atoms with Crippen LogP contribution in [0.5, 0.6) is 0 Å². The number of aromatic nitrogens is 1. The van der Waals surface area contributed by atoms with Crippen LogP contribution in [-0.2, 0) is 5.41 Å². The Morgan fingerprint density at radius 1 is 1.53 bits per heavy atom. The van der Waals surface area contributed by atoms with Gasteiger partial charge in [0.05, 0.1) is 10.6 Å². The summed E-state index contributed by atoms with van der Waals surface area (Å²) in [6.07, 6.45) is 2.40. The van der Waals surface area contributed by atoms with Gasteiger partial charge in [-0.05, 0) is 41.8 Å². The van der Waals surface area contributed by atoms with Crippen LogP contribution in [0, 0.1) is 6.92 Å². The maximum absolute atomic E-state index is 5.86. The van der Waals surface area contributed by atoms with E-state index >= 15 is 0 Å². The van der Waals surface area contributed by atoms with Gasteiger partial charge in [-0.1, -0.05) is 0 Å². The molecule has 2 aromatic rings. The minimum absolute atomic E-state index is 0.210. The van der Waals surface area contributed by atoms with Gasteiger partial charge in [-0.3, -0.25) is 0 Å². The van der Waals surface area contributed by atoms with Gasteiger partial charge in [0.2, 0.25) is 0 Å². The zero-order valence-corrected chi connectivity index (χ0v) is 12.7. The van der Waals surface area contributed by atoms with E-state index < -0.39 is 0 Å². The van der Waals surface area contributed by atoms with Crippen LogP contribution in [0.4, 0.5) is 0 Å². The average molecular weight is 329 g/mol. The number of aryl methyl sites for hydroxylation is 1. The third-order valence-corrected chi connectivity index (χ3v) is 6.21. The first-order valence-corrected chi connectivity index (χ1v) is 8.06. The minimum atomic E-state index is 0.210. The van der Waals surface area contributed by atoms with E-state index in [2.05, 4.69) is 34.3 Å². The Kier molecular flexibility index (Phi) is 2.89. The van der Waals surface area contributed by atoms with E-state index in [1.165, 1.54) is 27.6 Å². The van der Waals surface area contributed by atoms with Crippen molar-refractivity contribution in [3.05, 3.63) is 25.8 Å². The number of hydrogen-bond acceptors (Lipinski definition) is 4. The first-order valence-electron chi connectivity index (χ1n) is 5.57. The van der Waals surface area contributed by atoms with E-state index in [1.54, 1.807) is 11.3 Å². The van der Waals surface area contributed by atoms with Crippen LogP contribution in [0.2, 0.25) is 0 Å². The van der Waals surface area contributed by atoms with Crippen molar-refractivity contribution in [1.29, 1.82) is 0 Å². The molecule has 0 saturated heterocycles. The molecule has 1 saturated carbocycles. The fraction of sp³-hybridized carbons (Fsp3) is 0.417. The molecule has 0 aromatic carbocycles. The Labute approximate surface area is 117 Å². The Morgan fingerprint density at radius 3 is 2.82 bits per heavy atom. The van der Waals surface area contributed by atoms with Crippen molar-refractivity contribution in [2.75, 3.05) is 6.54 Å². The molecule has 2 nitrogen and oxygen atoms in total. The summed E-state index contributed by atoms with van der Waals surface area (Å²) in [5.74, 6) is 0. The predicted molar refractivity (Wildman–Crippen MR) is 77.8 cm³/mol. The number of thiophene rings is 1. The molecule has 5 heteroatoms. The average Bonchev–Trinajstić information content (AvgIpc) is 2.85. The lowest BCUT2D eigenvalue weighted by Gasteiger charge is -2.06. The van der Waals surface area contributed by atoms with Crippen molar-refractivity contribution in [3.63, 3.8) is 0 Å².